The summed E-state index contributed by atoms with van der Waals surface area (Å²) in [4.78, 5) is 0. The summed E-state index contributed by atoms with van der Waals surface area (Å²) in [6, 6.07) is 5.94. The molecule has 0 unspecified atom stereocenters. The van der Waals surface area contributed by atoms with Crippen molar-refractivity contribution < 1.29 is 4.74 Å². The van der Waals surface area contributed by atoms with Crippen LogP contribution in [0.1, 0.15) is 69.4 Å². The number of rotatable bonds is 0. The number of nitrogens with two attached hydrogens (primary N) is 1. The van der Waals surface area contributed by atoms with Crippen LogP contribution in [0, 0.1) is 5.41 Å². The Morgan fingerprint density at radius 3 is 2.48 bits per heavy atom. The lowest BCUT2D eigenvalue weighted by Gasteiger charge is -2.48. The van der Waals surface area contributed by atoms with Crippen LogP contribution in [0.4, 0.5) is 0 Å². The van der Waals surface area contributed by atoms with Gasteiger partial charge in [-0.1, -0.05) is 24.4 Å². The van der Waals surface area contributed by atoms with Gasteiger partial charge in [-0.05, 0) is 62.1 Å². The molecule has 1 aromatic rings. The molecule has 2 saturated carbocycles. The molecule has 1 aromatic carbocycles. The van der Waals surface area contributed by atoms with E-state index >= 15 is 0 Å². The van der Waals surface area contributed by atoms with E-state index in [4.69, 9.17) is 22.1 Å². The summed E-state index contributed by atoms with van der Waals surface area (Å²) in [5, 5.41) is 0.748. The molecule has 0 bridgehead atoms. The fraction of sp³-hybridized carbons (Fsp3) is 0.667. The van der Waals surface area contributed by atoms with Crippen molar-refractivity contribution in [3.05, 3.63) is 28.8 Å². The van der Waals surface area contributed by atoms with Crippen LogP contribution >= 0.6 is 11.6 Å². The van der Waals surface area contributed by atoms with Crippen LogP contribution in [-0.4, -0.2) is 5.60 Å². The molecular formula is C18H24ClNO. The van der Waals surface area contributed by atoms with Crippen molar-refractivity contribution in [2.45, 2.75) is 69.4 Å². The third-order valence-corrected chi connectivity index (χ3v) is 6.41. The highest BCUT2D eigenvalue weighted by atomic mass is 35.5. The summed E-state index contributed by atoms with van der Waals surface area (Å²) >= 11 is 6.09. The highest BCUT2D eigenvalue weighted by Crippen LogP contribution is 2.55. The normalized spacial score (nSPS) is 29.3. The maximum Gasteiger partial charge on any atom is 0.125 e. The monoisotopic (exact) mass is 305 g/mol. The van der Waals surface area contributed by atoms with Crippen LogP contribution in [0.25, 0.3) is 0 Å². The molecule has 1 heterocycles. The molecular weight excluding hydrogens is 282 g/mol. The largest absolute Gasteiger partial charge is 0.487 e. The molecule has 2 nitrogen and oxygen atoms in total. The number of hydrogen-bond donors (Lipinski definition) is 1. The Labute approximate surface area is 132 Å². The van der Waals surface area contributed by atoms with Crippen molar-refractivity contribution in [3.63, 3.8) is 0 Å². The average molecular weight is 306 g/mol. The van der Waals surface area contributed by atoms with E-state index < -0.39 is 0 Å². The van der Waals surface area contributed by atoms with Gasteiger partial charge in [0, 0.05) is 23.0 Å². The van der Waals surface area contributed by atoms with Crippen molar-refractivity contribution in [1.29, 1.82) is 0 Å². The van der Waals surface area contributed by atoms with Gasteiger partial charge < -0.3 is 10.5 Å². The zero-order chi connectivity index (χ0) is 14.5. The minimum atomic E-state index is -0.0198. The Hall–Kier alpha value is -0.730. The summed E-state index contributed by atoms with van der Waals surface area (Å²) in [5.41, 5.74) is 8.12. The van der Waals surface area contributed by atoms with Crippen LogP contribution in [0.3, 0.4) is 0 Å². The zero-order valence-corrected chi connectivity index (χ0v) is 13.3. The summed E-state index contributed by atoms with van der Waals surface area (Å²) in [7, 11) is 0. The highest BCUT2D eigenvalue weighted by Gasteiger charge is 2.47. The second kappa shape index (κ2) is 4.89. The molecule has 0 aromatic heterocycles. The molecule has 2 aliphatic carbocycles. The predicted octanol–water partition coefficient (Wildman–Crippen LogP) is 5.00. The third-order valence-electron chi connectivity index (χ3n) is 6.18. The lowest BCUT2D eigenvalue weighted by molar-refractivity contribution is -0.0327. The van der Waals surface area contributed by atoms with Crippen LogP contribution in [0.5, 0.6) is 5.75 Å². The lowest BCUT2D eigenvalue weighted by atomic mass is 9.65. The average Bonchev–Trinajstić information content (AvgIpc) is 2.93. The van der Waals surface area contributed by atoms with E-state index in [1.165, 1.54) is 51.4 Å². The number of benzene rings is 1. The topological polar surface area (TPSA) is 35.2 Å². The smallest absolute Gasteiger partial charge is 0.125 e. The van der Waals surface area contributed by atoms with Crippen molar-refractivity contribution >= 4 is 11.6 Å². The fourth-order valence-electron chi connectivity index (χ4n) is 4.85. The predicted molar refractivity (Wildman–Crippen MR) is 85.7 cm³/mol. The van der Waals surface area contributed by atoms with Gasteiger partial charge in [0.2, 0.25) is 0 Å². The molecule has 1 atom stereocenters. The molecule has 3 aliphatic rings. The number of hydrogen-bond acceptors (Lipinski definition) is 2. The van der Waals surface area contributed by atoms with E-state index in [-0.39, 0.29) is 11.6 Å². The quantitative estimate of drug-likeness (QED) is 0.732. The van der Waals surface area contributed by atoms with Crippen LogP contribution in [0.2, 0.25) is 5.02 Å². The van der Waals surface area contributed by atoms with Gasteiger partial charge in [-0.2, -0.15) is 0 Å². The van der Waals surface area contributed by atoms with E-state index in [1.807, 2.05) is 18.2 Å². The molecule has 2 fully saturated rings. The maximum atomic E-state index is 6.45. The van der Waals surface area contributed by atoms with E-state index in [9.17, 15) is 0 Å². The van der Waals surface area contributed by atoms with E-state index in [1.54, 1.807) is 0 Å². The van der Waals surface area contributed by atoms with Crippen molar-refractivity contribution in [2.24, 2.45) is 11.1 Å². The van der Waals surface area contributed by atoms with Gasteiger partial charge in [0.1, 0.15) is 11.4 Å². The molecule has 0 radical (unpaired) electrons. The number of fused-ring (bicyclic) bond motifs is 1. The fourth-order valence-corrected chi connectivity index (χ4v) is 5.04. The van der Waals surface area contributed by atoms with E-state index in [0.717, 1.165) is 22.8 Å². The van der Waals surface area contributed by atoms with Crippen LogP contribution < -0.4 is 10.5 Å². The second-order valence-electron chi connectivity index (χ2n) is 7.48. The molecule has 1 aliphatic heterocycles. The number of halogens is 1. The first-order chi connectivity index (χ1) is 10.1. The Bertz CT molecular complexity index is 540. The summed E-state index contributed by atoms with van der Waals surface area (Å²) in [6.07, 6.45) is 11.6. The van der Waals surface area contributed by atoms with Gasteiger partial charge >= 0.3 is 0 Å². The number of ether oxygens (including phenoxy) is 1. The summed E-state index contributed by atoms with van der Waals surface area (Å²) in [6.45, 7) is 0. The Morgan fingerprint density at radius 1 is 1.05 bits per heavy atom. The maximum absolute atomic E-state index is 6.45. The Kier molecular flexibility index (Phi) is 3.24. The van der Waals surface area contributed by atoms with Gasteiger partial charge in [0.05, 0.1) is 0 Å². The molecule has 2 spiro atoms. The Morgan fingerprint density at radius 2 is 1.76 bits per heavy atom. The first-order valence-electron chi connectivity index (χ1n) is 8.34. The molecule has 0 saturated heterocycles. The summed E-state index contributed by atoms with van der Waals surface area (Å²) in [5.74, 6) is 0.959. The highest BCUT2D eigenvalue weighted by molar-refractivity contribution is 6.30. The first-order valence-corrected chi connectivity index (χ1v) is 8.72. The van der Waals surface area contributed by atoms with Gasteiger partial charge in [0.25, 0.3) is 0 Å². The van der Waals surface area contributed by atoms with Crippen molar-refractivity contribution in [1.82, 2.24) is 0 Å². The van der Waals surface area contributed by atoms with Crippen LogP contribution in [0.15, 0.2) is 18.2 Å². The van der Waals surface area contributed by atoms with Crippen LogP contribution in [-0.2, 0) is 0 Å². The minimum absolute atomic E-state index is 0.0198. The van der Waals surface area contributed by atoms with Crippen molar-refractivity contribution in [2.75, 3.05) is 0 Å². The molecule has 4 rings (SSSR count). The van der Waals surface area contributed by atoms with Crippen molar-refractivity contribution in [3.8, 4) is 5.75 Å². The van der Waals surface area contributed by atoms with Gasteiger partial charge in [-0.15, -0.1) is 0 Å². The van der Waals surface area contributed by atoms with Gasteiger partial charge in [-0.25, -0.2) is 0 Å². The lowest BCUT2D eigenvalue weighted by Crippen LogP contribution is -2.47. The molecule has 2 N–H and O–H groups in total. The zero-order valence-electron chi connectivity index (χ0n) is 12.5. The standard InChI is InChI=1S/C18H24ClNO/c19-13-3-4-16-14(11-13)15(20)12-18(21-16)9-7-17(8-10-18)5-1-2-6-17/h3-4,11,15H,1-2,5-10,12,20H2/t15-/m0/s1. The minimum Gasteiger partial charge on any atom is -0.487 e. The SMILES string of the molecule is N[C@H]1CC2(CCC3(CCCC3)CC2)Oc2ccc(Cl)cc21. The van der Waals surface area contributed by atoms with Gasteiger partial charge in [0.15, 0.2) is 0 Å². The molecule has 21 heavy (non-hydrogen) atoms. The molecule has 0 amide bonds. The molecule has 114 valence electrons. The third kappa shape index (κ3) is 2.37. The Balaban J connectivity index is 1.56. The second-order valence-corrected chi connectivity index (χ2v) is 7.92. The first kappa shape index (κ1) is 13.9. The van der Waals surface area contributed by atoms with E-state index in [2.05, 4.69) is 0 Å². The molecule has 3 heteroatoms. The summed E-state index contributed by atoms with van der Waals surface area (Å²) < 4.78 is 6.45. The van der Waals surface area contributed by atoms with Gasteiger partial charge in [-0.3, -0.25) is 0 Å². The van der Waals surface area contributed by atoms with E-state index in [0.29, 0.717) is 5.41 Å².